The molecule has 4 aromatic heterocycles. The van der Waals surface area contributed by atoms with Crippen molar-refractivity contribution in [2.45, 2.75) is 13.5 Å². The third-order valence-electron chi connectivity index (χ3n) is 5.26. The third kappa shape index (κ3) is 2.96. The summed E-state index contributed by atoms with van der Waals surface area (Å²) in [6, 6.07) is 13.6. The summed E-state index contributed by atoms with van der Waals surface area (Å²) in [7, 11) is 0. The molecule has 1 aromatic carbocycles. The number of nitrogens with one attached hydrogen (secondary N) is 1. The average Bonchev–Trinajstić information content (AvgIpc) is 3.41. The van der Waals surface area contributed by atoms with Crippen LogP contribution in [0.5, 0.6) is 0 Å². The monoisotopic (exact) mass is 390 g/mol. The summed E-state index contributed by atoms with van der Waals surface area (Å²) < 4.78 is 2.06. The molecule has 4 heterocycles. The number of carbonyl (C=O) groups excluding carboxylic acids is 1. The molecule has 0 saturated carbocycles. The van der Waals surface area contributed by atoms with E-state index in [1.54, 1.807) is 24.8 Å². The molecule has 5 rings (SSSR count). The second-order valence-corrected chi connectivity index (χ2v) is 7.00. The number of hydrogen-bond acceptors (Lipinski definition) is 3. The van der Waals surface area contributed by atoms with Crippen LogP contribution in [0.3, 0.4) is 0 Å². The number of aromatic amines is 1. The van der Waals surface area contributed by atoms with E-state index in [0.29, 0.717) is 23.3 Å². The first-order valence-electron chi connectivity index (χ1n) is 9.66. The minimum Gasteiger partial charge on any atom is -0.345 e. The standard InChI is InChI=1S/C25H18N4O/c1-2-3-11-29-12-9-19-20(7-4-8-23(19)29)24(30)22-16-28-25-21(22)13-18(15-27-25)17-6-5-10-26-14-17/h4-10,12-16H,11H2,1H3,(H,27,28). The SMILES string of the molecule is CC#CCn1ccc2c(C(=O)c3c[nH]c4ncc(-c5cccnc5)cc34)cccc21. The normalized spacial score (nSPS) is 10.8. The number of nitrogens with zero attached hydrogens (tertiary/aromatic N) is 3. The van der Waals surface area contributed by atoms with E-state index < -0.39 is 0 Å². The largest absolute Gasteiger partial charge is 0.345 e. The summed E-state index contributed by atoms with van der Waals surface area (Å²) in [6.07, 6.45) is 9.04. The fourth-order valence-corrected chi connectivity index (χ4v) is 3.75. The summed E-state index contributed by atoms with van der Waals surface area (Å²) in [5.74, 6) is 5.96. The topological polar surface area (TPSA) is 63.6 Å². The molecule has 0 amide bonds. The number of carbonyl (C=O) groups is 1. The molecule has 30 heavy (non-hydrogen) atoms. The Labute approximate surface area is 173 Å². The Morgan fingerprint density at radius 1 is 1.07 bits per heavy atom. The maximum atomic E-state index is 13.5. The zero-order valence-electron chi connectivity index (χ0n) is 16.4. The Hall–Kier alpha value is -4.17. The van der Waals surface area contributed by atoms with Gasteiger partial charge in [-0.1, -0.05) is 24.1 Å². The van der Waals surface area contributed by atoms with E-state index in [1.807, 2.05) is 55.6 Å². The Morgan fingerprint density at radius 3 is 2.83 bits per heavy atom. The number of ketones is 1. The van der Waals surface area contributed by atoms with E-state index in [-0.39, 0.29) is 5.78 Å². The maximum absolute atomic E-state index is 13.5. The van der Waals surface area contributed by atoms with Gasteiger partial charge >= 0.3 is 0 Å². The minimum absolute atomic E-state index is 0.0312. The highest BCUT2D eigenvalue weighted by atomic mass is 16.1. The summed E-state index contributed by atoms with van der Waals surface area (Å²) >= 11 is 0. The highest BCUT2D eigenvalue weighted by Crippen LogP contribution is 2.28. The highest BCUT2D eigenvalue weighted by Gasteiger charge is 2.18. The number of benzene rings is 1. The van der Waals surface area contributed by atoms with Crippen molar-refractivity contribution in [2.24, 2.45) is 0 Å². The molecule has 0 aliphatic carbocycles. The Morgan fingerprint density at radius 2 is 2.00 bits per heavy atom. The molecule has 0 fully saturated rings. The predicted octanol–water partition coefficient (Wildman–Crippen LogP) is 4.83. The zero-order valence-corrected chi connectivity index (χ0v) is 16.4. The predicted molar refractivity (Wildman–Crippen MR) is 118 cm³/mol. The number of H-pyrrole nitrogens is 1. The van der Waals surface area contributed by atoms with E-state index in [4.69, 9.17) is 0 Å². The first-order valence-corrected chi connectivity index (χ1v) is 9.66. The zero-order chi connectivity index (χ0) is 20.5. The highest BCUT2D eigenvalue weighted by molar-refractivity contribution is 6.21. The lowest BCUT2D eigenvalue weighted by Crippen LogP contribution is -2.02. The van der Waals surface area contributed by atoms with Crippen molar-refractivity contribution < 1.29 is 4.79 Å². The van der Waals surface area contributed by atoms with Crippen LogP contribution in [0.2, 0.25) is 0 Å². The van der Waals surface area contributed by atoms with Gasteiger partial charge in [0.25, 0.3) is 0 Å². The summed E-state index contributed by atoms with van der Waals surface area (Å²) in [4.78, 5) is 25.3. The molecular weight excluding hydrogens is 372 g/mol. The molecule has 0 aliphatic rings. The van der Waals surface area contributed by atoms with Crippen molar-refractivity contribution in [3.63, 3.8) is 0 Å². The molecule has 0 bridgehead atoms. The lowest BCUT2D eigenvalue weighted by atomic mass is 9.99. The van der Waals surface area contributed by atoms with E-state index in [0.717, 1.165) is 27.4 Å². The second kappa shape index (κ2) is 7.34. The molecule has 1 N–H and O–H groups in total. The van der Waals surface area contributed by atoms with Crippen LogP contribution in [-0.2, 0) is 6.54 Å². The Kier molecular flexibility index (Phi) is 4.38. The van der Waals surface area contributed by atoms with Crippen molar-refractivity contribution in [3.8, 4) is 23.0 Å². The van der Waals surface area contributed by atoms with Crippen LogP contribution < -0.4 is 0 Å². The van der Waals surface area contributed by atoms with E-state index in [1.165, 1.54) is 0 Å². The molecule has 0 unspecified atom stereocenters. The Bertz CT molecular complexity index is 1450. The third-order valence-corrected chi connectivity index (χ3v) is 5.26. The minimum atomic E-state index is -0.0312. The first-order chi connectivity index (χ1) is 14.8. The van der Waals surface area contributed by atoms with Gasteiger partial charge in [-0.05, 0) is 31.2 Å². The molecule has 0 radical (unpaired) electrons. The Balaban J connectivity index is 1.61. The van der Waals surface area contributed by atoms with Gasteiger partial charge in [0, 0.05) is 69.5 Å². The number of fused-ring (bicyclic) bond motifs is 2. The summed E-state index contributed by atoms with van der Waals surface area (Å²) in [5, 5.41) is 1.72. The van der Waals surface area contributed by atoms with Crippen molar-refractivity contribution in [2.75, 3.05) is 0 Å². The summed E-state index contributed by atoms with van der Waals surface area (Å²) in [6.45, 7) is 2.43. The number of aromatic nitrogens is 4. The molecular formula is C25H18N4O. The van der Waals surface area contributed by atoms with Crippen LogP contribution >= 0.6 is 0 Å². The average molecular weight is 390 g/mol. The van der Waals surface area contributed by atoms with Gasteiger partial charge in [-0.2, -0.15) is 0 Å². The molecule has 0 atom stereocenters. The smallest absolute Gasteiger partial charge is 0.195 e. The van der Waals surface area contributed by atoms with Crippen LogP contribution in [0.25, 0.3) is 33.1 Å². The van der Waals surface area contributed by atoms with Gasteiger partial charge in [-0.3, -0.25) is 9.78 Å². The lowest BCUT2D eigenvalue weighted by molar-refractivity contribution is 0.104. The van der Waals surface area contributed by atoms with Gasteiger partial charge in [-0.25, -0.2) is 4.98 Å². The number of pyridine rings is 2. The van der Waals surface area contributed by atoms with Gasteiger partial charge < -0.3 is 9.55 Å². The van der Waals surface area contributed by atoms with Crippen LogP contribution in [0.4, 0.5) is 0 Å². The molecule has 5 heteroatoms. The molecule has 144 valence electrons. The van der Waals surface area contributed by atoms with Crippen molar-refractivity contribution in [1.29, 1.82) is 0 Å². The quantitative estimate of drug-likeness (QED) is 0.353. The van der Waals surface area contributed by atoms with Crippen LogP contribution in [-0.4, -0.2) is 25.3 Å². The molecule has 5 nitrogen and oxygen atoms in total. The van der Waals surface area contributed by atoms with E-state index >= 15 is 0 Å². The number of rotatable bonds is 4. The molecule has 0 spiro atoms. The van der Waals surface area contributed by atoms with Crippen LogP contribution in [0.15, 0.2) is 73.4 Å². The summed E-state index contributed by atoms with van der Waals surface area (Å²) in [5.41, 5.74) is 4.85. The fraction of sp³-hybridized carbons (Fsp3) is 0.0800. The van der Waals surface area contributed by atoms with Crippen LogP contribution in [0, 0.1) is 11.8 Å². The van der Waals surface area contributed by atoms with E-state index in [9.17, 15) is 4.79 Å². The number of hydrogen-bond donors (Lipinski definition) is 1. The van der Waals surface area contributed by atoms with Crippen molar-refractivity contribution in [1.82, 2.24) is 19.5 Å². The van der Waals surface area contributed by atoms with E-state index in [2.05, 4.69) is 31.4 Å². The van der Waals surface area contributed by atoms with Gasteiger partial charge in [0.05, 0.1) is 6.54 Å². The van der Waals surface area contributed by atoms with Crippen molar-refractivity contribution in [3.05, 3.63) is 84.6 Å². The van der Waals surface area contributed by atoms with Crippen LogP contribution in [0.1, 0.15) is 22.8 Å². The second-order valence-electron chi connectivity index (χ2n) is 7.00. The maximum Gasteiger partial charge on any atom is 0.195 e. The van der Waals surface area contributed by atoms with Crippen molar-refractivity contribution >= 4 is 27.7 Å². The molecule has 5 aromatic rings. The van der Waals surface area contributed by atoms with Gasteiger partial charge in [0.1, 0.15) is 5.65 Å². The van der Waals surface area contributed by atoms with Gasteiger partial charge in [0.15, 0.2) is 5.78 Å². The fourth-order valence-electron chi connectivity index (χ4n) is 3.75. The molecule has 0 saturated heterocycles. The van der Waals surface area contributed by atoms with Gasteiger partial charge in [-0.15, -0.1) is 5.92 Å². The lowest BCUT2D eigenvalue weighted by Gasteiger charge is -2.05. The van der Waals surface area contributed by atoms with Gasteiger partial charge in [0.2, 0.25) is 0 Å². The first kappa shape index (κ1) is 17.9. The molecule has 0 aliphatic heterocycles.